The first-order valence-corrected chi connectivity index (χ1v) is 8.42. The number of carbonyl (C=O) groups is 1. The van der Waals surface area contributed by atoms with Gasteiger partial charge in [0.2, 0.25) is 0 Å². The Bertz CT molecular complexity index is 901. The lowest BCUT2D eigenvalue weighted by molar-refractivity contribution is 0.0695. The van der Waals surface area contributed by atoms with E-state index in [1.54, 1.807) is 12.4 Å². The number of benzene rings is 1. The summed E-state index contributed by atoms with van der Waals surface area (Å²) in [6, 6.07) is 13.6. The molecule has 4 nitrogen and oxygen atoms in total. The number of aromatic nitrogens is 2. The molecule has 4 rings (SSSR count). The summed E-state index contributed by atoms with van der Waals surface area (Å²) in [4.78, 5) is 20.2. The molecule has 0 amide bonds. The van der Waals surface area contributed by atoms with Gasteiger partial charge >= 0.3 is 5.97 Å². The highest BCUT2D eigenvalue weighted by Crippen LogP contribution is 2.40. The van der Waals surface area contributed by atoms with E-state index in [9.17, 15) is 9.90 Å². The van der Waals surface area contributed by atoms with Crippen LogP contribution in [0.5, 0.6) is 0 Å². The third-order valence-electron chi connectivity index (χ3n) is 4.59. The molecule has 0 atom stereocenters. The van der Waals surface area contributed by atoms with Crippen molar-refractivity contribution in [3.8, 4) is 11.3 Å². The van der Waals surface area contributed by atoms with Gasteiger partial charge in [-0.2, -0.15) is 0 Å². The Balaban J connectivity index is 1.58. The number of hydrogen-bond donors (Lipinski definition) is 1. The number of rotatable bonds is 5. The van der Waals surface area contributed by atoms with Crippen LogP contribution >= 0.6 is 0 Å². The molecule has 0 radical (unpaired) electrons. The van der Waals surface area contributed by atoms with Gasteiger partial charge in [0.15, 0.2) is 0 Å². The molecule has 1 aliphatic carbocycles. The highest BCUT2D eigenvalue weighted by Gasteiger charge is 2.25. The van der Waals surface area contributed by atoms with Crippen LogP contribution in [0.25, 0.3) is 11.3 Å². The quantitative estimate of drug-likeness (QED) is 0.757. The summed E-state index contributed by atoms with van der Waals surface area (Å²) in [5.74, 6) is -0.315. The van der Waals surface area contributed by atoms with Gasteiger partial charge in [-0.05, 0) is 66.1 Å². The zero-order chi connectivity index (χ0) is 17.2. The van der Waals surface area contributed by atoms with Crippen molar-refractivity contribution in [2.24, 2.45) is 0 Å². The van der Waals surface area contributed by atoms with Crippen molar-refractivity contribution in [2.75, 3.05) is 0 Å². The third-order valence-corrected chi connectivity index (χ3v) is 4.59. The molecule has 3 aromatic rings. The molecule has 2 heterocycles. The average Bonchev–Trinajstić information content (AvgIpc) is 3.48. The molecule has 0 saturated heterocycles. The number of carboxylic acids is 1. The third kappa shape index (κ3) is 3.43. The molecule has 1 saturated carbocycles. The van der Waals surface area contributed by atoms with E-state index in [4.69, 9.17) is 0 Å². The van der Waals surface area contributed by atoms with Gasteiger partial charge < -0.3 is 5.11 Å². The minimum Gasteiger partial charge on any atom is -0.478 e. The second kappa shape index (κ2) is 6.48. The summed E-state index contributed by atoms with van der Waals surface area (Å²) in [5, 5.41) is 9.54. The fourth-order valence-corrected chi connectivity index (χ4v) is 3.05. The number of hydrogen-bond acceptors (Lipinski definition) is 3. The van der Waals surface area contributed by atoms with Crippen molar-refractivity contribution < 1.29 is 9.90 Å². The van der Waals surface area contributed by atoms with Crippen LogP contribution in [0.1, 0.15) is 45.8 Å². The Labute approximate surface area is 146 Å². The number of nitrogens with zero attached hydrogens (tertiary/aromatic N) is 2. The lowest BCUT2D eigenvalue weighted by Crippen LogP contribution is -2.04. The van der Waals surface area contributed by atoms with Crippen LogP contribution in [0.15, 0.2) is 61.1 Å². The second-order valence-electron chi connectivity index (χ2n) is 6.47. The molecule has 0 unspecified atom stereocenters. The van der Waals surface area contributed by atoms with Crippen LogP contribution in [0.4, 0.5) is 0 Å². The van der Waals surface area contributed by atoms with Crippen LogP contribution < -0.4 is 0 Å². The van der Waals surface area contributed by atoms with Crippen LogP contribution in [0, 0.1) is 0 Å². The largest absolute Gasteiger partial charge is 0.478 e. The van der Waals surface area contributed by atoms with Crippen molar-refractivity contribution in [1.82, 2.24) is 9.97 Å². The Morgan fingerprint density at radius 2 is 2.00 bits per heavy atom. The molecule has 0 spiro atoms. The van der Waals surface area contributed by atoms with Gasteiger partial charge in [0.05, 0.1) is 11.3 Å². The Kier molecular flexibility index (Phi) is 4.02. The summed E-state index contributed by atoms with van der Waals surface area (Å²) in [6.45, 7) is 0. The van der Waals surface area contributed by atoms with Gasteiger partial charge in [0, 0.05) is 24.2 Å². The van der Waals surface area contributed by atoms with Crippen LogP contribution in [-0.4, -0.2) is 21.0 Å². The first-order chi connectivity index (χ1) is 12.2. The minimum atomic E-state index is -0.863. The predicted octanol–water partition coefficient (Wildman–Crippen LogP) is 4.31. The van der Waals surface area contributed by atoms with E-state index in [1.807, 2.05) is 42.6 Å². The molecule has 4 heteroatoms. The smallest absolute Gasteiger partial charge is 0.335 e. The molecule has 1 aromatic carbocycles. The summed E-state index contributed by atoms with van der Waals surface area (Å²) in [6.07, 6.45) is 8.21. The maximum atomic E-state index is 11.6. The zero-order valence-electron chi connectivity index (χ0n) is 13.7. The molecule has 25 heavy (non-hydrogen) atoms. The monoisotopic (exact) mass is 330 g/mol. The lowest BCUT2D eigenvalue weighted by Gasteiger charge is -2.09. The summed E-state index contributed by atoms with van der Waals surface area (Å²) in [7, 11) is 0. The Morgan fingerprint density at radius 1 is 1.12 bits per heavy atom. The SMILES string of the molecule is O=C(O)c1cc(C2CC2)ccc1Cc1ccc(-c2cccnc2)nc1. The number of carboxylic acid groups (broad SMARTS) is 1. The highest BCUT2D eigenvalue weighted by molar-refractivity contribution is 5.89. The van der Waals surface area contributed by atoms with Crippen LogP contribution in [-0.2, 0) is 6.42 Å². The van der Waals surface area contributed by atoms with Crippen molar-refractivity contribution in [2.45, 2.75) is 25.2 Å². The van der Waals surface area contributed by atoms with Gasteiger partial charge in [0.25, 0.3) is 0 Å². The zero-order valence-corrected chi connectivity index (χ0v) is 13.7. The maximum absolute atomic E-state index is 11.6. The van der Waals surface area contributed by atoms with Crippen molar-refractivity contribution >= 4 is 5.97 Å². The molecule has 124 valence electrons. The molecule has 0 bridgehead atoms. The molecule has 0 aliphatic heterocycles. The number of pyridine rings is 2. The van der Waals surface area contributed by atoms with Gasteiger partial charge in [-0.25, -0.2) is 4.79 Å². The van der Waals surface area contributed by atoms with Gasteiger partial charge in [-0.15, -0.1) is 0 Å². The summed E-state index contributed by atoms with van der Waals surface area (Å²) in [5.41, 5.74) is 5.20. The van der Waals surface area contributed by atoms with Crippen molar-refractivity contribution in [1.29, 1.82) is 0 Å². The lowest BCUT2D eigenvalue weighted by atomic mass is 9.97. The Morgan fingerprint density at radius 3 is 2.64 bits per heavy atom. The van der Waals surface area contributed by atoms with Crippen LogP contribution in [0.3, 0.4) is 0 Å². The first-order valence-electron chi connectivity index (χ1n) is 8.42. The van der Waals surface area contributed by atoms with Crippen LogP contribution in [0.2, 0.25) is 0 Å². The normalized spacial score (nSPS) is 13.6. The highest BCUT2D eigenvalue weighted by atomic mass is 16.4. The van der Waals surface area contributed by atoms with E-state index < -0.39 is 5.97 Å². The molecule has 1 aliphatic rings. The van der Waals surface area contributed by atoms with E-state index in [-0.39, 0.29) is 0 Å². The van der Waals surface area contributed by atoms with E-state index in [0.717, 1.165) is 40.8 Å². The summed E-state index contributed by atoms with van der Waals surface area (Å²) < 4.78 is 0. The van der Waals surface area contributed by atoms with E-state index >= 15 is 0 Å². The van der Waals surface area contributed by atoms with Gasteiger partial charge in [0.1, 0.15) is 0 Å². The predicted molar refractivity (Wildman–Crippen MR) is 95.7 cm³/mol. The first kappa shape index (κ1) is 15.5. The standard InChI is InChI=1S/C21H18N2O2/c24-21(25)19-11-16(15-4-5-15)6-7-17(19)10-14-3-8-20(23-12-14)18-2-1-9-22-13-18/h1-3,6-9,11-13,15H,4-5,10H2,(H,24,25). The molecule has 2 aromatic heterocycles. The average molecular weight is 330 g/mol. The molecular weight excluding hydrogens is 312 g/mol. The Hall–Kier alpha value is -3.01. The van der Waals surface area contributed by atoms with Gasteiger partial charge in [-0.3, -0.25) is 9.97 Å². The summed E-state index contributed by atoms with van der Waals surface area (Å²) >= 11 is 0. The fourth-order valence-electron chi connectivity index (χ4n) is 3.05. The van der Waals surface area contributed by atoms with E-state index in [1.165, 1.54) is 0 Å². The fraction of sp³-hybridized carbons (Fsp3) is 0.190. The topological polar surface area (TPSA) is 63.1 Å². The van der Waals surface area contributed by atoms with E-state index in [0.29, 0.717) is 17.9 Å². The maximum Gasteiger partial charge on any atom is 0.335 e. The second-order valence-corrected chi connectivity index (χ2v) is 6.47. The minimum absolute atomic E-state index is 0.403. The molecule has 1 N–H and O–H groups in total. The molecular formula is C21H18N2O2. The van der Waals surface area contributed by atoms with Crippen molar-refractivity contribution in [3.63, 3.8) is 0 Å². The number of aromatic carboxylic acids is 1. The molecule has 1 fully saturated rings. The van der Waals surface area contributed by atoms with Gasteiger partial charge in [-0.1, -0.05) is 18.2 Å². The van der Waals surface area contributed by atoms with Crippen molar-refractivity contribution in [3.05, 3.63) is 83.3 Å². The van der Waals surface area contributed by atoms with E-state index in [2.05, 4.69) is 16.0 Å².